The predicted octanol–water partition coefficient (Wildman–Crippen LogP) is 1.13. The van der Waals surface area contributed by atoms with Crippen LogP contribution in [-0.4, -0.2) is 36.4 Å². The zero-order valence-corrected chi connectivity index (χ0v) is 11.5. The number of carboxylic acid groups (broad SMARTS) is 1. The van der Waals surface area contributed by atoms with Crippen LogP contribution in [0.15, 0.2) is 10.5 Å². The molecular weight excluding hydrogens is 306 g/mol. The van der Waals surface area contributed by atoms with Crippen molar-refractivity contribution < 1.29 is 24.5 Å². The Morgan fingerprint density at radius 3 is 2.56 bits per heavy atom. The predicted molar refractivity (Wildman–Crippen MR) is 68.2 cm³/mol. The molecule has 0 heterocycles. The van der Waals surface area contributed by atoms with Gasteiger partial charge in [0.2, 0.25) is 0 Å². The van der Waals surface area contributed by atoms with E-state index in [0.717, 1.165) is 0 Å². The molecule has 0 aliphatic rings. The normalized spacial score (nSPS) is 12.0. The van der Waals surface area contributed by atoms with Crippen molar-refractivity contribution in [1.29, 1.82) is 0 Å². The number of halogens is 1. The summed E-state index contributed by atoms with van der Waals surface area (Å²) in [7, 11) is 2.88. The van der Waals surface area contributed by atoms with Crippen molar-refractivity contribution in [3.8, 4) is 17.2 Å². The number of carbonyl (C=O) groups is 1. The van der Waals surface area contributed by atoms with E-state index < -0.39 is 12.0 Å². The number of hydrogen-bond donors (Lipinski definition) is 3. The minimum Gasteiger partial charge on any atom is -0.506 e. The fourth-order valence-corrected chi connectivity index (χ4v) is 2.08. The molecule has 0 fully saturated rings. The maximum absolute atomic E-state index is 10.7. The van der Waals surface area contributed by atoms with Gasteiger partial charge in [0.05, 0.1) is 14.2 Å². The maximum atomic E-state index is 10.7. The monoisotopic (exact) mass is 319 g/mol. The van der Waals surface area contributed by atoms with Crippen molar-refractivity contribution in [1.82, 2.24) is 0 Å². The second-order valence-electron chi connectivity index (χ2n) is 3.58. The molecule has 1 aromatic carbocycles. The summed E-state index contributed by atoms with van der Waals surface area (Å²) in [6, 6.07) is 0.405. The third kappa shape index (κ3) is 2.85. The Morgan fingerprint density at radius 2 is 2.11 bits per heavy atom. The van der Waals surface area contributed by atoms with Gasteiger partial charge in [-0.25, -0.2) is 0 Å². The largest absolute Gasteiger partial charge is 0.506 e. The Kier molecular flexibility index (Phi) is 4.80. The first kappa shape index (κ1) is 14.6. The number of benzene rings is 1. The maximum Gasteiger partial charge on any atom is 0.320 e. The summed E-state index contributed by atoms with van der Waals surface area (Å²) in [6.07, 6.45) is -0.0138. The van der Waals surface area contributed by atoms with Gasteiger partial charge in [-0.05, 0) is 22.0 Å². The number of hydrogen-bond acceptors (Lipinski definition) is 5. The quantitative estimate of drug-likeness (QED) is 0.751. The van der Waals surface area contributed by atoms with Gasteiger partial charge < -0.3 is 25.4 Å². The van der Waals surface area contributed by atoms with Crippen molar-refractivity contribution in [2.24, 2.45) is 5.73 Å². The molecule has 1 rings (SSSR count). The highest BCUT2D eigenvalue weighted by molar-refractivity contribution is 9.10. The first-order valence-corrected chi connectivity index (χ1v) is 5.82. The van der Waals surface area contributed by atoms with Crippen molar-refractivity contribution in [2.45, 2.75) is 12.5 Å². The standard InChI is InChI=1S/C11H14BrNO5/c1-17-7-4-5(3-6(13)11(15)16)9(14)8(12)10(7)18-2/h4,6,14H,3,13H2,1-2H3,(H,15,16). The van der Waals surface area contributed by atoms with E-state index in [0.29, 0.717) is 21.5 Å². The fraction of sp³-hybridized carbons (Fsp3) is 0.364. The van der Waals surface area contributed by atoms with Crippen LogP contribution in [0, 0.1) is 0 Å². The Morgan fingerprint density at radius 1 is 1.50 bits per heavy atom. The summed E-state index contributed by atoms with van der Waals surface area (Å²) in [6.45, 7) is 0. The van der Waals surface area contributed by atoms with E-state index in [1.165, 1.54) is 20.3 Å². The van der Waals surface area contributed by atoms with Gasteiger partial charge in [-0.1, -0.05) is 0 Å². The SMILES string of the molecule is COc1cc(CC(N)C(=O)O)c(O)c(Br)c1OC. The van der Waals surface area contributed by atoms with Crippen LogP contribution < -0.4 is 15.2 Å². The van der Waals surface area contributed by atoms with Crippen molar-refractivity contribution in [3.63, 3.8) is 0 Å². The first-order valence-electron chi connectivity index (χ1n) is 5.03. The fourth-order valence-electron chi connectivity index (χ4n) is 1.47. The molecule has 0 aliphatic carbocycles. The third-order valence-corrected chi connectivity index (χ3v) is 3.16. The Labute approximate surface area is 112 Å². The molecular formula is C11H14BrNO5. The lowest BCUT2D eigenvalue weighted by molar-refractivity contribution is -0.138. The molecule has 0 bridgehead atoms. The van der Waals surface area contributed by atoms with Gasteiger partial charge in [-0.3, -0.25) is 4.79 Å². The van der Waals surface area contributed by atoms with E-state index in [-0.39, 0.29) is 12.2 Å². The number of aromatic hydroxyl groups is 1. The van der Waals surface area contributed by atoms with Gasteiger partial charge in [0.15, 0.2) is 11.5 Å². The summed E-state index contributed by atoms with van der Waals surface area (Å²) in [5.41, 5.74) is 5.80. The van der Waals surface area contributed by atoms with Gasteiger partial charge in [-0.15, -0.1) is 0 Å². The lowest BCUT2D eigenvalue weighted by Crippen LogP contribution is -2.32. The Balaban J connectivity index is 3.21. The highest BCUT2D eigenvalue weighted by Crippen LogP contribution is 2.43. The van der Waals surface area contributed by atoms with Gasteiger partial charge in [0.25, 0.3) is 0 Å². The molecule has 0 aliphatic heterocycles. The summed E-state index contributed by atoms with van der Waals surface area (Å²) < 4.78 is 10.5. The van der Waals surface area contributed by atoms with E-state index in [2.05, 4.69) is 15.9 Å². The minimum atomic E-state index is -1.14. The van der Waals surface area contributed by atoms with Crippen LogP contribution in [0.4, 0.5) is 0 Å². The number of ether oxygens (including phenoxy) is 2. The van der Waals surface area contributed by atoms with Crippen LogP contribution in [0.1, 0.15) is 5.56 Å². The van der Waals surface area contributed by atoms with Crippen LogP contribution in [-0.2, 0) is 11.2 Å². The third-order valence-electron chi connectivity index (χ3n) is 2.42. The second kappa shape index (κ2) is 5.92. The lowest BCUT2D eigenvalue weighted by atomic mass is 10.0. The second-order valence-corrected chi connectivity index (χ2v) is 4.38. The van der Waals surface area contributed by atoms with Crippen LogP contribution in [0.2, 0.25) is 0 Å². The molecule has 7 heteroatoms. The van der Waals surface area contributed by atoms with Crippen LogP contribution in [0.3, 0.4) is 0 Å². The van der Waals surface area contributed by atoms with Gasteiger partial charge in [0.1, 0.15) is 16.3 Å². The van der Waals surface area contributed by atoms with Crippen molar-refractivity contribution in [2.75, 3.05) is 14.2 Å². The average molecular weight is 320 g/mol. The van der Waals surface area contributed by atoms with Crippen molar-refractivity contribution >= 4 is 21.9 Å². The van der Waals surface area contributed by atoms with E-state index >= 15 is 0 Å². The number of rotatable bonds is 5. The average Bonchev–Trinajstić information content (AvgIpc) is 2.34. The van der Waals surface area contributed by atoms with Gasteiger partial charge >= 0.3 is 5.97 Å². The molecule has 1 aromatic rings. The lowest BCUT2D eigenvalue weighted by Gasteiger charge is -2.15. The molecule has 18 heavy (non-hydrogen) atoms. The summed E-state index contributed by atoms with van der Waals surface area (Å²) in [5, 5.41) is 18.7. The molecule has 6 nitrogen and oxygen atoms in total. The van der Waals surface area contributed by atoms with E-state index in [4.69, 9.17) is 20.3 Å². The minimum absolute atomic E-state index is 0.0138. The van der Waals surface area contributed by atoms with Crippen molar-refractivity contribution in [3.05, 3.63) is 16.1 Å². The number of methoxy groups -OCH3 is 2. The zero-order chi connectivity index (χ0) is 13.9. The molecule has 0 radical (unpaired) electrons. The summed E-state index contributed by atoms with van der Waals surface area (Å²) >= 11 is 3.17. The molecule has 0 saturated carbocycles. The Hall–Kier alpha value is -1.47. The highest BCUT2D eigenvalue weighted by Gasteiger charge is 2.21. The number of phenolic OH excluding ortho intramolecular Hbond substituents is 1. The molecule has 100 valence electrons. The van der Waals surface area contributed by atoms with E-state index in [9.17, 15) is 9.90 Å². The topological polar surface area (TPSA) is 102 Å². The molecule has 0 aromatic heterocycles. The summed E-state index contributed by atoms with van der Waals surface area (Å²) in [5.74, 6) is -0.526. The molecule has 1 atom stereocenters. The van der Waals surface area contributed by atoms with Crippen LogP contribution in [0.5, 0.6) is 17.2 Å². The number of aliphatic carboxylic acids is 1. The molecule has 0 spiro atoms. The molecule has 0 amide bonds. The molecule has 0 saturated heterocycles. The van der Waals surface area contributed by atoms with Crippen LogP contribution in [0.25, 0.3) is 0 Å². The summed E-state index contributed by atoms with van der Waals surface area (Å²) in [4.78, 5) is 10.7. The molecule has 1 unspecified atom stereocenters. The smallest absolute Gasteiger partial charge is 0.320 e. The number of phenols is 1. The molecule has 4 N–H and O–H groups in total. The highest BCUT2D eigenvalue weighted by atomic mass is 79.9. The van der Waals surface area contributed by atoms with E-state index in [1.807, 2.05) is 0 Å². The van der Waals surface area contributed by atoms with E-state index in [1.54, 1.807) is 0 Å². The number of nitrogens with two attached hydrogens (primary N) is 1. The zero-order valence-electron chi connectivity index (χ0n) is 9.94. The Bertz CT molecular complexity index is 463. The number of carboxylic acids is 1. The van der Waals surface area contributed by atoms with Gasteiger partial charge in [0, 0.05) is 12.0 Å². The first-order chi connectivity index (χ1) is 8.42. The van der Waals surface area contributed by atoms with Gasteiger partial charge in [-0.2, -0.15) is 0 Å². The van der Waals surface area contributed by atoms with Crippen LogP contribution >= 0.6 is 15.9 Å².